The van der Waals surface area contributed by atoms with Crippen molar-refractivity contribution in [2.24, 2.45) is 0 Å². The molecule has 0 spiro atoms. The molecule has 2 aromatic rings. The average molecular weight is 348 g/mol. The Hall–Kier alpha value is -2.74. The van der Waals surface area contributed by atoms with Crippen molar-refractivity contribution in [3.63, 3.8) is 0 Å². The van der Waals surface area contributed by atoms with E-state index in [2.05, 4.69) is 0 Å². The molecule has 0 atom stereocenters. The van der Waals surface area contributed by atoms with Gasteiger partial charge in [-0.2, -0.15) is 0 Å². The lowest BCUT2D eigenvalue weighted by Gasteiger charge is -2.10. The zero-order valence-electron chi connectivity index (χ0n) is 13.4. The van der Waals surface area contributed by atoms with Gasteiger partial charge in [0.15, 0.2) is 0 Å². The number of nitro benzene ring substituents is 1. The van der Waals surface area contributed by atoms with Crippen molar-refractivity contribution in [1.29, 1.82) is 0 Å². The maximum absolute atomic E-state index is 12.4. The van der Waals surface area contributed by atoms with E-state index in [1.54, 1.807) is 19.1 Å². The largest absolute Gasteiger partial charge is 0.273 e. The summed E-state index contributed by atoms with van der Waals surface area (Å²) in [6, 6.07) is 8.53. The number of rotatable bonds is 4. The van der Waals surface area contributed by atoms with Crippen molar-refractivity contribution in [1.82, 2.24) is 4.72 Å². The smallest absolute Gasteiger partial charge is 0.268 e. The van der Waals surface area contributed by atoms with Gasteiger partial charge in [0, 0.05) is 17.2 Å². The molecule has 126 valence electrons. The molecule has 2 rings (SSSR count). The van der Waals surface area contributed by atoms with E-state index in [9.17, 15) is 23.3 Å². The van der Waals surface area contributed by atoms with Crippen LogP contribution in [-0.4, -0.2) is 19.2 Å². The van der Waals surface area contributed by atoms with Crippen LogP contribution in [0.3, 0.4) is 0 Å². The molecule has 0 aromatic heterocycles. The molecule has 0 heterocycles. The summed E-state index contributed by atoms with van der Waals surface area (Å²) in [6.45, 7) is 4.99. The molecular formula is C16H16N2O5S. The van der Waals surface area contributed by atoms with Crippen LogP contribution in [0.25, 0.3) is 0 Å². The van der Waals surface area contributed by atoms with Gasteiger partial charge < -0.3 is 0 Å². The predicted molar refractivity (Wildman–Crippen MR) is 88.4 cm³/mol. The number of amides is 1. The van der Waals surface area contributed by atoms with Gasteiger partial charge in [-0.1, -0.05) is 23.8 Å². The Balaban J connectivity index is 2.35. The van der Waals surface area contributed by atoms with Crippen LogP contribution in [0.5, 0.6) is 0 Å². The van der Waals surface area contributed by atoms with Gasteiger partial charge >= 0.3 is 0 Å². The van der Waals surface area contributed by atoms with E-state index in [0.29, 0.717) is 11.1 Å². The molecule has 0 fully saturated rings. The summed E-state index contributed by atoms with van der Waals surface area (Å²) in [5, 5.41) is 10.9. The van der Waals surface area contributed by atoms with Gasteiger partial charge in [-0.25, -0.2) is 13.1 Å². The fourth-order valence-corrected chi connectivity index (χ4v) is 3.49. The van der Waals surface area contributed by atoms with Crippen LogP contribution in [-0.2, 0) is 10.0 Å². The highest BCUT2D eigenvalue weighted by Gasteiger charge is 2.22. The first-order valence-electron chi connectivity index (χ1n) is 7.01. The van der Waals surface area contributed by atoms with Crippen molar-refractivity contribution in [3.05, 3.63) is 68.8 Å². The number of hydrogen-bond donors (Lipinski definition) is 1. The first-order valence-corrected chi connectivity index (χ1v) is 8.49. The van der Waals surface area contributed by atoms with Crippen molar-refractivity contribution in [2.75, 3.05) is 0 Å². The first kappa shape index (κ1) is 17.6. The Morgan fingerprint density at radius 3 is 2.29 bits per heavy atom. The zero-order chi connectivity index (χ0) is 18.1. The molecule has 0 unspecified atom stereocenters. The molecule has 2 aromatic carbocycles. The summed E-state index contributed by atoms with van der Waals surface area (Å²) in [7, 11) is -4.07. The molecule has 8 heteroatoms. The van der Waals surface area contributed by atoms with Crippen LogP contribution >= 0.6 is 0 Å². The molecule has 0 saturated heterocycles. The lowest BCUT2D eigenvalue weighted by Crippen LogP contribution is -2.31. The monoisotopic (exact) mass is 348 g/mol. The highest BCUT2D eigenvalue weighted by atomic mass is 32.2. The van der Waals surface area contributed by atoms with Crippen molar-refractivity contribution in [3.8, 4) is 0 Å². The Bertz CT molecular complexity index is 935. The quantitative estimate of drug-likeness (QED) is 0.675. The Labute approximate surface area is 139 Å². The van der Waals surface area contributed by atoms with Crippen molar-refractivity contribution >= 4 is 21.6 Å². The van der Waals surface area contributed by atoms with Crippen molar-refractivity contribution in [2.45, 2.75) is 25.7 Å². The second-order valence-electron chi connectivity index (χ2n) is 5.46. The van der Waals surface area contributed by atoms with E-state index in [0.717, 1.165) is 11.6 Å². The third kappa shape index (κ3) is 3.60. The van der Waals surface area contributed by atoms with E-state index in [-0.39, 0.29) is 16.1 Å². The summed E-state index contributed by atoms with van der Waals surface area (Å²) >= 11 is 0. The number of carbonyl (C=O) groups excluding carboxylic acids is 1. The SMILES string of the molecule is Cc1ccc(S(=O)(=O)NC(=O)c2ccc(C)c([N+](=O)[O-])c2)c(C)c1. The molecule has 1 N–H and O–H groups in total. The number of nitro groups is 1. The maximum Gasteiger partial charge on any atom is 0.273 e. The van der Waals surface area contributed by atoms with E-state index in [4.69, 9.17) is 0 Å². The summed E-state index contributed by atoms with van der Waals surface area (Å²) in [4.78, 5) is 22.5. The van der Waals surface area contributed by atoms with Crippen molar-refractivity contribution < 1.29 is 18.1 Å². The number of benzene rings is 2. The van der Waals surface area contributed by atoms with E-state index < -0.39 is 20.9 Å². The van der Waals surface area contributed by atoms with Gasteiger partial charge in [0.05, 0.1) is 9.82 Å². The molecular weight excluding hydrogens is 332 g/mol. The summed E-state index contributed by atoms with van der Waals surface area (Å²) in [5.74, 6) is -0.918. The van der Waals surface area contributed by atoms with Crippen LogP contribution in [0.1, 0.15) is 27.0 Å². The molecule has 24 heavy (non-hydrogen) atoms. The summed E-state index contributed by atoms with van der Waals surface area (Å²) in [5.41, 5.74) is 1.44. The lowest BCUT2D eigenvalue weighted by molar-refractivity contribution is -0.385. The standard InChI is InChI=1S/C16H16N2O5S/c1-10-4-7-15(12(3)8-10)24(22,23)17-16(19)13-6-5-11(2)14(9-13)18(20)21/h4-9H,1-3H3,(H,17,19). The fraction of sp³-hybridized carbons (Fsp3) is 0.188. The number of nitrogens with one attached hydrogen (secondary N) is 1. The average Bonchev–Trinajstić information content (AvgIpc) is 2.46. The normalized spacial score (nSPS) is 11.1. The number of hydrogen-bond acceptors (Lipinski definition) is 5. The van der Waals surface area contributed by atoms with E-state index in [1.807, 2.05) is 11.6 Å². The third-order valence-electron chi connectivity index (χ3n) is 3.52. The van der Waals surface area contributed by atoms with Crippen LogP contribution in [0.15, 0.2) is 41.3 Å². The number of sulfonamides is 1. The molecule has 0 aliphatic heterocycles. The number of aryl methyl sites for hydroxylation is 3. The van der Waals surface area contributed by atoms with Crippen LogP contribution in [0, 0.1) is 30.9 Å². The van der Waals surface area contributed by atoms with Gasteiger partial charge in [0.1, 0.15) is 0 Å². The second kappa shape index (κ2) is 6.40. The molecule has 0 aliphatic carbocycles. The minimum absolute atomic E-state index is 0.0111. The first-order chi connectivity index (χ1) is 11.1. The van der Waals surface area contributed by atoms with E-state index in [1.165, 1.54) is 25.1 Å². The Morgan fingerprint density at radius 2 is 1.71 bits per heavy atom. The summed E-state index contributed by atoms with van der Waals surface area (Å²) in [6.07, 6.45) is 0. The minimum Gasteiger partial charge on any atom is -0.268 e. The molecule has 0 bridgehead atoms. The van der Waals surface area contributed by atoms with Gasteiger partial charge in [-0.15, -0.1) is 0 Å². The highest BCUT2D eigenvalue weighted by molar-refractivity contribution is 7.90. The van der Waals surface area contributed by atoms with Gasteiger partial charge in [0.25, 0.3) is 21.6 Å². The molecule has 0 radical (unpaired) electrons. The second-order valence-corrected chi connectivity index (χ2v) is 7.11. The minimum atomic E-state index is -4.07. The third-order valence-corrected chi connectivity index (χ3v) is 5.01. The molecule has 7 nitrogen and oxygen atoms in total. The van der Waals surface area contributed by atoms with Crippen LogP contribution in [0.2, 0.25) is 0 Å². The van der Waals surface area contributed by atoms with Gasteiger partial charge in [0.2, 0.25) is 0 Å². The van der Waals surface area contributed by atoms with Crippen LogP contribution in [0.4, 0.5) is 5.69 Å². The number of carbonyl (C=O) groups is 1. The summed E-state index contributed by atoms with van der Waals surface area (Å²) < 4.78 is 26.7. The highest BCUT2D eigenvalue weighted by Crippen LogP contribution is 2.20. The number of nitrogens with zero attached hydrogens (tertiary/aromatic N) is 1. The Morgan fingerprint density at radius 1 is 1.04 bits per heavy atom. The van der Waals surface area contributed by atoms with E-state index >= 15 is 0 Å². The lowest BCUT2D eigenvalue weighted by atomic mass is 10.1. The maximum atomic E-state index is 12.4. The molecule has 0 aliphatic rings. The zero-order valence-corrected chi connectivity index (χ0v) is 14.2. The Kier molecular flexibility index (Phi) is 4.70. The molecule has 1 amide bonds. The topological polar surface area (TPSA) is 106 Å². The predicted octanol–water partition coefficient (Wildman–Crippen LogP) is 2.64. The van der Waals surface area contributed by atoms with Gasteiger partial charge in [-0.3, -0.25) is 14.9 Å². The fourth-order valence-electron chi connectivity index (χ4n) is 2.28. The van der Waals surface area contributed by atoms with Crippen LogP contribution < -0.4 is 4.72 Å². The van der Waals surface area contributed by atoms with Gasteiger partial charge in [-0.05, 0) is 38.5 Å². The molecule has 0 saturated carbocycles.